The maximum Gasteiger partial charge on any atom is 0.323 e. The van der Waals surface area contributed by atoms with E-state index in [0.29, 0.717) is 33.8 Å². The monoisotopic (exact) mass is 403 g/mol. The van der Waals surface area contributed by atoms with E-state index in [1.54, 1.807) is 32.4 Å². The molecule has 1 aromatic carbocycles. The summed E-state index contributed by atoms with van der Waals surface area (Å²) in [6.45, 7) is 7.75. The highest BCUT2D eigenvalue weighted by atomic mass is 19.1. The van der Waals surface area contributed by atoms with Crippen molar-refractivity contribution in [3.63, 3.8) is 0 Å². The van der Waals surface area contributed by atoms with Crippen molar-refractivity contribution in [3.05, 3.63) is 52.1 Å². The van der Waals surface area contributed by atoms with Crippen LogP contribution in [0.1, 0.15) is 51.5 Å². The lowest BCUT2D eigenvalue weighted by atomic mass is 10.0. The summed E-state index contributed by atoms with van der Waals surface area (Å²) >= 11 is 0. The largest absolute Gasteiger partial charge is 0.480 e. The van der Waals surface area contributed by atoms with Crippen LogP contribution < -0.4 is 10.6 Å². The van der Waals surface area contributed by atoms with Gasteiger partial charge in [-0.05, 0) is 63.9 Å². The Morgan fingerprint density at radius 2 is 1.79 bits per heavy atom. The Bertz CT molecular complexity index is 992. The molecule has 2 aromatic rings. The molecular weight excluding hydrogens is 377 g/mol. The van der Waals surface area contributed by atoms with E-state index in [4.69, 9.17) is 0 Å². The van der Waals surface area contributed by atoms with Crippen molar-refractivity contribution in [1.82, 2.24) is 9.88 Å². The number of amides is 1. The molecule has 7 nitrogen and oxygen atoms in total. The summed E-state index contributed by atoms with van der Waals surface area (Å²) in [4.78, 5) is 36.8. The van der Waals surface area contributed by atoms with E-state index < -0.39 is 17.4 Å². The molecule has 0 saturated heterocycles. The lowest BCUT2D eigenvalue weighted by Crippen LogP contribution is -2.48. The van der Waals surface area contributed by atoms with Crippen LogP contribution in [0.5, 0.6) is 0 Å². The first kappa shape index (κ1) is 22.3. The maximum atomic E-state index is 13.4. The molecule has 1 amide bonds. The molecule has 156 valence electrons. The minimum Gasteiger partial charge on any atom is -0.480 e. The van der Waals surface area contributed by atoms with Crippen LogP contribution in [0.4, 0.5) is 10.1 Å². The van der Waals surface area contributed by atoms with Gasteiger partial charge in [-0.25, -0.2) is 4.39 Å². The SMILES string of the molecule is Cc1cc(NC(=O)c2c(C)c(C(=O)CNC(C)(C)C(=O)O)n(C)c2C)ccc1F. The van der Waals surface area contributed by atoms with Crippen LogP contribution in [-0.4, -0.2) is 39.4 Å². The van der Waals surface area contributed by atoms with Crippen LogP contribution >= 0.6 is 0 Å². The maximum absolute atomic E-state index is 13.4. The second kappa shape index (κ2) is 8.16. The van der Waals surface area contributed by atoms with Gasteiger partial charge in [0, 0.05) is 18.4 Å². The average molecular weight is 403 g/mol. The zero-order chi connectivity index (χ0) is 22.1. The molecule has 8 heteroatoms. The Morgan fingerprint density at radius 1 is 1.17 bits per heavy atom. The van der Waals surface area contributed by atoms with E-state index in [2.05, 4.69) is 10.6 Å². The smallest absolute Gasteiger partial charge is 0.323 e. The summed E-state index contributed by atoms with van der Waals surface area (Å²) in [6, 6.07) is 4.28. The van der Waals surface area contributed by atoms with Crippen molar-refractivity contribution in [2.24, 2.45) is 7.05 Å². The van der Waals surface area contributed by atoms with Gasteiger partial charge in [-0.3, -0.25) is 19.7 Å². The van der Waals surface area contributed by atoms with Gasteiger partial charge in [0.15, 0.2) is 5.78 Å². The van der Waals surface area contributed by atoms with Gasteiger partial charge in [0.25, 0.3) is 5.91 Å². The highest BCUT2D eigenvalue weighted by Crippen LogP contribution is 2.23. The van der Waals surface area contributed by atoms with E-state index in [0.717, 1.165) is 0 Å². The molecule has 2 rings (SSSR count). The standard InChI is InChI=1S/C21H26FN3O4/c1-11-9-14(7-8-15(11)22)24-19(27)17-12(2)18(25(6)13(17)3)16(26)10-23-21(4,5)20(28)29/h7-9,23H,10H2,1-6H3,(H,24,27)(H,28,29). The van der Waals surface area contributed by atoms with Crippen LogP contribution in [0, 0.1) is 26.6 Å². The zero-order valence-electron chi connectivity index (χ0n) is 17.4. The second-order valence-corrected chi connectivity index (χ2v) is 7.62. The number of aromatic nitrogens is 1. The molecule has 0 fully saturated rings. The summed E-state index contributed by atoms with van der Waals surface area (Å²) in [5, 5.41) is 14.6. The number of nitrogens with zero attached hydrogens (tertiary/aromatic N) is 1. The van der Waals surface area contributed by atoms with Gasteiger partial charge in [-0.1, -0.05) is 0 Å². The van der Waals surface area contributed by atoms with Crippen molar-refractivity contribution in [2.75, 3.05) is 11.9 Å². The Balaban J connectivity index is 2.29. The van der Waals surface area contributed by atoms with E-state index in [1.807, 2.05) is 0 Å². The number of benzene rings is 1. The van der Waals surface area contributed by atoms with Gasteiger partial charge in [0.1, 0.15) is 11.4 Å². The molecule has 1 aromatic heterocycles. The predicted octanol–water partition coefficient (Wildman–Crippen LogP) is 2.98. The van der Waals surface area contributed by atoms with E-state index in [9.17, 15) is 23.9 Å². The molecule has 0 aliphatic heterocycles. The number of aliphatic carboxylic acids is 1. The van der Waals surface area contributed by atoms with Crippen molar-refractivity contribution in [1.29, 1.82) is 0 Å². The summed E-state index contributed by atoms with van der Waals surface area (Å²) < 4.78 is 15.1. The van der Waals surface area contributed by atoms with Crippen molar-refractivity contribution < 1.29 is 23.9 Å². The summed E-state index contributed by atoms with van der Waals surface area (Å²) in [5.41, 5.74) is 1.39. The molecule has 0 bridgehead atoms. The molecule has 0 radical (unpaired) electrons. The van der Waals surface area contributed by atoms with Crippen LogP contribution in [0.25, 0.3) is 0 Å². The first-order valence-corrected chi connectivity index (χ1v) is 9.11. The van der Waals surface area contributed by atoms with Crippen LogP contribution in [0.3, 0.4) is 0 Å². The van der Waals surface area contributed by atoms with Crippen molar-refractivity contribution >= 4 is 23.3 Å². The third kappa shape index (κ3) is 4.54. The molecule has 0 aliphatic rings. The van der Waals surface area contributed by atoms with E-state index >= 15 is 0 Å². The minimum atomic E-state index is -1.26. The van der Waals surface area contributed by atoms with Gasteiger partial charge < -0.3 is 15.0 Å². The van der Waals surface area contributed by atoms with Crippen molar-refractivity contribution in [3.8, 4) is 0 Å². The summed E-state index contributed by atoms with van der Waals surface area (Å²) in [6.07, 6.45) is 0. The summed E-state index contributed by atoms with van der Waals surface area (Å²) in [5.74, 6) is -2.15. The molecule has 3 N–H and O–H groups in total. The molecule has 0 unspecified atom stereocenters. The Kier molecular flexibility index (Phi) is 6.27. The predicted molar refractivity (Wildman–Crippen MR) is 108 cm³/mol. The normalized spacial score (nSPS) is 11.4. The lowest BCUT2D eigenvalue weighted by Gasteiger charge is -2.20. The number of carbonyl (C=O) groups is 3. The highest BCUT2D eigenvalue weighted by molar-refractivity contribution is 6.09. The van der Waals surface area contributed by atoms with Gasteiger partial charge in [-0.15, -0.1) is 0 Å². The first-order valence-electron chi connectivity index (χ1n) is 9.11. The average Bonchev–Trinajstić information content (AvgIpc) is 2.85. The number of hydrogen-bond acceptors (Lipinski definition) is 4. The molecule has 0 spiro atoms. The second-order valence-electron chi connectivity index (χ2n) is 7.62. The molecule has 29 heavy (non-hydrogen) atoms. The number of Topliss-reactive ketones (excluding diaryl/α,β-unsaturated/α-hetero) is 1. The van der Waals surface area contributed by atoms with Crippen LogP contribution in [-0.2, 0) is 11.8 Å². The Morgan fingerprint density at radius 3 is 2.34 bits per heavy atom. The van der Waals surface area contributed by atoms with Gasteiger partial charge in [-0.2, -0.15) is 0 Å². The topological polar surface area (TPSA) is 100 Å². The molecule has 1 heterocycles. The number of ketones is 1. The summed E-state index contributed by atoms with van der Waals surface area (Å²) in [7, 11) is 1.68. The van der Waals surface area contributed by atoms with Gasteiger partial charge in [0.05, 0.1) is 17.8 Å². The van der Waals surface area contributed by atoms with Crippen LogP contribution in [0.15, 0.2) is 18.2 Å². The zero-order valence-corrected chi connectivity index (χ0v) is 17.4. The third-order valence-corrected chi connectivity index (χ3v) is 5.06. The number of halogens is 1. The van der Waals surface area contributed by atoms with Gasteiger partial charge in [0.2, 0.25) is 0 Å². The number of hydrogen-bond donors (Lipinski definition) is 3. The first-order chi connectivity index (χ1) is 13.4. The number of anilines is 1. The molecule has 0 saturated carbocycles. The number of nitrogens with one attached hydrogen (secondary N) is 2. The third-order valence-electron chi connectivity index (χ3n) is 5.06. The molecular formula is C21H26FN3O4. The highest BCUT2D eigenvalue weighted by Gasteiger charge is 2.29. The number of carbonyl (C=O) groups excluding carboxylic acids is 2. The van der Waals surface area contributed by atoms with Crippen molar-refractivity contribution in [2.45, 2.75) is 40.2 Å². The number of rotatable bonds is 7. The number of aryl methyl sites for hydroxylation is 1. The Hall–Kier alpha value is -3.00. The lowest BCUT2D eigenvalue weighted by molar-refractivity contribution is -0.143. The fourth-order valence-electron chi connectivity index (χ4n) is 3.08. The van der Waals surface area contributed by atoms with Crippen LogP contribution in [0.2, 0.25) is 0 Å². The fraction of sp³-hybridized carbons (Fsp3) is 0.381. The van der Waals surface area contributed by atoms with E-state index in [1.165, 1.54) is 32.0 Å². The van der Waals surface area contributed by atoms with Gasteiger partial charge >= 0.3 is 5.97 Å². The number of carboxylic acid groups (broad SMARTS) is 1. The quantitative estimate of drug-likeness (QED) is 0.617. The fourth-order valence-corrected chi connectivity index (χ4v) is 3.08. The number of carboxylic acids is 1. The minimum absolute atomic E-state index is 0.185. The van der Waals surface area contributed by atoms with E-state index in [-0.39, 0.29) is 18.1 Å². The molecule has 0 aliphatic carbocycles. The Labute approximate surface area is 168 Å². The molecule has 0 atom stereocenters.